The fourth-order valence-corrected chi connectivity index (χ4v) is 4.43. The van der Waals surface area contributed by atoms with E-state index < -0.39 is 0 Å². The number of halogens is 1. The van der Waals surface area contributed by atoms with E-state index in [0.717, 1.165) is 22.4 Å². The van der Waals surface area contributed by atoms with Gasteiger partial charge in [0.15, 0.2) is 5.17 Å². The van der Waals surface area contributed by atoms with E-state index in [1.165, 1.54) is 11.8 Å². The first-order valence-corrected chi connectivity index (χ1v) is 11.0. The first-order chi connectivity index (χ1) is 15.2. The van der Waals surface area contributed by atoms with E-state index in [1.54, 1.807) is 12.0 Å². The van der Waals surface area contributed by atoms with Crippen LogP contribution >= 0.6 is 23.4 Å². The molecule has 0 spiro atoms. The predicted octanol–water partition coefficient (Wildman–Crippen LogP) is 6.16. The number of aliphatic imine (C=N–C) groups is 1. The molecule has 4 nitrogen and oxygen atoms in total. The Hall–Kier alpha value is -2.86. The van der Waals surface area contributed by atoms with Crippen LogP contribution in [0.3, 0.4) is 0 Å². The molecule has 1 aliphatic heterocycles. The third-order valence-corrected chi connectivity index (χ3v) is 6.10. The van der Waals surface area contributed by atoms with Gasteiger partial charge in [-0.3, -0.25) is 14.7 Å². The summed E-state index contributed by atoms with van der Waals surface area (Å²) in [5.74, 6) is -0.0914. The molecule has 1 saturated heterocycles. The largest absolute Gasteiger partial charge is 0.380 e. The Bertz CT molecular complexity index is 1150. The van der Waals surface area contributed by atoms with Gasteiger partial charge < -0.3 is 4.74 Å². The molecule has 31 heavy (non-hydrogen) atoms. The van der Waals surface area contributed by atoms with Crippen molar-refractivity contribution < 1.29 is 9.53 Å². The fourth-order valence-electron chi connectivity index (χ4n) is 3.25. The number of rotatable bonds is 6. The van der Waals surface area contributed by atoms with Crippen molar-refractivity contribution in [3.05, 3.63) is 105 Å². The third-order valence-electron chi connectivity index (χ3n) is 4.72. The number of anilines is 1. The summed E-state index contributed by atoms with van der Waals surface area (Å²) in [7, 11) is 1.67. The van der Waals surface area contributed by atoms with Gasteiger partial charge in [0.1, 0.15) is 0 Å². The van der Waals surface area contributed by atoms with Gasteiger partial charge in [0.25, 0.3) is 5.91 Å². The van der Waals surface area contributed by atoms with Crippen molar-refractivity contribution in [3.8, 4) is 0 Å². The Kier molecular flexibility index (Phi) is 6.87. The van der Waals surface area contributed by atoms with Gasteiger partial charge in [-0.05, 0) is 58.8 Å². The maximum Gasteiger partial charge on any atom is 0.271 e. The highest BCUT2D eigenvalue weighted by Crippen LogP contribution is 2.36. The number of benzene rings is 3. The normalized spacial score (nSPS) is 16.5. The van der Waals surface area contributed by atoms with E-state index in [9.17, 15) is 4.79 Å². The van der Waals surface area contributed by atoms with Crippen LogP contribution in [0, 0.1) is 0 Å². The third kappa shape index (κ3) is 5.07. The zero-order valence-electron chi connectivity index (χ0n) is 17.0. The molecule has 1 fully saturated rings. The van der Waals surface area contributed by atoms with Gasteiger partial charge in [0.2, 0.25) is 0 Å². The Morgan fingerprint density at radius 3 is 2.58 bits per heavy atom. The lowest BCUT2D eigenvalue weighted by atomic mass is 10.1. The predicted molar refractivity (Wildman–Crippen MR) is 129 cm³/mol. The quantitative estimate of drug-likeness (QED) is 0.424. The fraction of sp³-hybridized carbons (Fsp3) is 0.120. The first kappa shape index (κ1) is 21.4. The van der Waals surface area contributed by atoms with Crippen molar-refractivity contribution >= 4 is 46.2 Å². The molecule has 1 amide bonds. The van der Waals surface area contributed by atoms with Gasteiger partial charge in [-0.1, -0.05) is 66.2 Å². The smallest absolute Gasteiger partial charge is 0.271 e. The van der Waals surface area contributed by atoms with E-state index in [0.29, 0.717) is 28.2 Å². The molecule has 0 aliphatic carbocycles. The lowest BCUT2D eigenvalue weighted by molar-refractivity contribution is -0.113. The van der Waals surface area contributed by atoms with Crippen LogP contribution in [-0.2, 0) is 22.7 Å². The number of hydrogen-bond acceptors (Lipinski definition) is 4. The molecule has 0 aromatic heterocycles. The maximum atomic E-state index is 13.3. The number of para-hydroxylation sites is 1. The van der Waals surface area contributed by atoms with E-state index >= 15 is 0 Å². The van der Waals surface area contributed by atoms with E-state index in [2.05, 4.69) is 0 Å². The second-order valence-corrected chi connectivity index (χ2v) is 8.37. The molecule has 6 heteroatoms. The molecule has 0 unspecified atom stereocenters. The lowest BCUT2D eigenvalue weighted by Gasteiger charge is -2.15. The minimum Gasteiger partial charge on any atom is -0.380 e. The maximum absolute atomic E-state index is 13.3. The Morgan fingerprint density at radius 1 is 1.03 bits per heavy atom. The van der Waals surface area contributed by atoms with Crippen LogP contribution in [0.25, 0.3) is 6.08 Å². The lowest BCUT2D eigenvalue weighted by Crippen LogP contribution is -2.28. The average Bonchev–Trinajstić information content (AvgIpc) is 3.09. The minimum absolute atomic E-state index is 0.0914. The van der Waals surface area contributed by atoms with Crippen LogP contribution < -0.4 is 4.90 Å². The minimum atomic E-state index is -0.0914. The summed E-state index contributed by atoms with van der Waals surface area (Å²) in [6, 6.07) is 25.1. The number of amidine groups is 1. The van der Waals surface area contributed by atoms with Gasteiger partial charge in [-0.25, -0.2) is 0 Å². The average molecular weight is 449 g/mol. The summed E-state index contributed by atoms with van der Waals surface area (Å²) >= 11 is 7.66. The van der Waals surface area contributed by atoms with Gasteiger partial charge >= 0.3 is 0 Å². The molecule has 0 N–H and O–H groups in total. The van der Waals surface area contributed by atoms with Crippen molar-refractivity contribution in [2.75, 3.05) is 12.0 Å². The second-order valence-electron chi connectivity index (χ2n) is 6.96. The molecular weight excluding hydrogens is 428 g/mol. The number of thioether (sulfide) groups is 1. The summed E-state index contributed by atoms with van der Waals surface area (Å²) in [4.78, 5) is 20.3. The summed E-state index contributed by atoms with van der Waals surface area (Å²) in [6.07, 6.45) is 1.90. The Labute approximate surface area is 191 Å². The summed E-state index contributed by atoms with van der Waals surface area (Å²) in [5, 5.41) is 1.30. The molecule has 4 rings (SSSR count). The van der Waals surface area contributed by atoms with Gasteiger partial charge in [0, 0.05) is 12.1 Å². The van der Waals surface area contributed by atoms with Crippen molar-refractivity contribution in [2.45, 2.75) is 13.2 Å². The highest BCUT2D eigenvalue weighted by Gasteiger charge is 2.34. The Balaban J connectivity index is 1.68. The number of nitrogens with zero attached hydrogens (tertiary/aromatic N) is 2. The van der Waals surface area contributed by atoms with Crippen LogP contribution in [0.1, 0.15) is 16.7 Å². The zero-order valence-corrected chi connectivity index (χ0v) is 18.6. The molecule has 3 aromatic rings. The molecule has 0 saturated carbocycles. The van der Waals surface area contributed by atoms with E-state index in [-0.39, 0.29) is 5.91 Å². The van der Waals surface area contributed by atoms with Crippen LogP contribution in [0.15, 0.2) is 88.8 Å². The summed E-state index contributed by atoms with van der Waals surface area (Å²) < 4.78 is 5.22. The van der Waals surface area contributed by atoms with Gasteiger partial charge in [-0.15, -0.1) is 0 Å². The van der Waals surface area contributed by atoms with Crippen molar-refractivity contribution in [2.24, 2.45) is 4.99 Å². The standard InChI is InChI=1S/C25H21ClN2O2S/c1-30-17-19-9-7-8-18(14-19)15-23-24(29)28(21-11-3-2-4-12-21)25(31-23)27-16-20-10-5-6-13-22(20)26/h2-15H,16-17H2,1H3/b23-15-,27-25?. The highest BCUT2D eigenvalue weighted by molar-refractivity contribution is 8.19. The molecule has 3 aromatic carbocycles. The van der Waals surface area contributed by atoms with Crippen molar-refractivity contribution in [3.63, 3.8) is 0 Å². The number of amides is 1. The van der Waals surface area contributed by atoms with Gasteiger partial charge in [0.05, 0.1) is 23.7 Å². The molecule has 156 valence electrons. The number of hydrogen-bond donors (Lipinski definition) is 0. The topological polar surface area (TPSA) is 41.9 Å². The Morgan fingerprint density at radius 2 is 1.81 bits per heavy atom. The molecule has 0 radical (unpaired) electrons. The first-order valence-electron chi connectivity index (χ1n) is 9.80. The SMILES string of the molecule is COCc1cccc(/C=C2\SC(=NCc3ccccc3Cl)N(c3ccccc3)C2=O)c1. The number of methoxy groups -OCH3 is 1. The van der Waals surface area contributed by atoms with Crippen LogP contribution in [-0.4, -0.2) is 18.2 Å². The number of ether oxygens (including phenoxy) is 1. The van der Waals surface area contributed by atoms with E-state index in [1.807, 2.05) is 84.9 Å². The van der Waals surface area contributed by atoms with Crippen LogP contribution in [0.5, 0.6) is 0 Å². The highest BCUT2D eigenvalue weighted by atomic mass is 35.5. The number of carbonyl (C=O) groups excluding carboxylic acids is 1. The van der Waals surface area contributed by atoms with Crippen molar-refractivity contribution in [1.82, 2.24) is 0 Å². The molecule has 1 aliphatic rings. The summed E-state index contributed by atoms with van der Waals surface area (Å²) in [5.41, 5.74) is 3.71. The molecular formula is C25H21ClN2O2S. The molecule has 1 heterocycles. The molecule has 0 bridgehead atoms. The molecule has 0 atom stereocenters. The van der Waals surface area contributed by atoms with Crippen molar-refractivity contribution in [1.29, 1.82) is 0 Å². The number of carbonyl (C=O) groups is 1. The second kappa shape index (κ2) is 9.96. The van der Waals surface area contributed by atoms with E-state index in [4.69, 9.17) is 21.3 Å². The monoisotopic (exact) mass is 448 g/mol. The van der Waals surface area contributed by atoms with Crippen LogP contribution in [0.4, 0.5) is 5.69 Å². The zero-order chi connectivity index (χ0) is 21.6. The van der Waals surface area contributed by atoms with Crippen LogP contribution in [0.2, 0.25) is 5.02 Å². The van der Waals surface area contributed by atoms with Gasteiger partial charge in [-0.2, -0.15) is 0 Å². The summed E-state index contributed by atoms with van der Waals surface area (Å²) in [6.45, 7) is 0.925.